The van der Waals surface area contributed by atoms with E-state index >= 15 is 0 Å². The molecule has 1 aliphatic rings. The van der Waals surface area contributed by atoms with Crippen LogP contribution >= 0.6 is 0 Å². The third-order valence-corrected chi connectivity index (χ3v) is 2.71. The molecule has 1 aliphatic carbocycles. The van der Waals surface area contributed by atoms with Crippen molar-refractivity contribution >= 4 is 0 Å². The molecule has 2 rings (SSSR count). The van der Waals surface area contributed by atoms with E-state index in [4.69, 9.17) is 0 Å². The second-order valence-electron chi connectivity index (χ2n) is 3.94. The summed E-state index contributed by atoms with van der Waals surface area (Å²) in [6.45, 7) is 0. The van der Waals surface area contributed by atoms with Crippen LogP contribution in [0.3, 0.4) is 0 Å². The molecule has 82 valence electrons. The van der Waals surface area contributed by atoms with Gasteiger partial charge in [-0.2, -0.15) is 0 Å². The van der Waals surface area contributed by atoms with Gasteiger partial charge in [-0.1, -0.05) is 6.07 Å². The average Bonchev–Trinajstić information content (AvgIpc) is 2.99. The Hall–Kier alpha value is -1.00. The van der Waals surface area contributed by atoms with Crippen molar-refractivity contribution in [3.05, 3.63) is 35.4 Å². The number of rotatable bonds is 3. The lowest BCUT2D eigenvalue weighted by atomic mass is 10.0. The molecule has 4 heteroatoms. The van der Waals surface area contributed by atoms with E-state index in [0.717, 1.165) is 18.9 Å². The minimum atomic E-state index is -1.27. The lowest BCUT2D eigenvalue weighted by Crippen LogP contribution is -2.21. The van der Waals surface area contributed by atoms with Crippen LogP contribution in [-0.2, 0) is 0 Å². The molecule has 0 heterocycles. The topological polar surface area (TPSA) is 40.5 Å². The zero-order chi connectivity index (χ0) is 11.0. The van der Waals surface area contributed by atoms with Gasteiger partial charge in [0, 0.05) is 11.6 Å². The lowest BCUT2D eigenvalue weighted by Gasteiger charge is -2.18. The first-order chi connectivity index (χ1) is 7.09. The summed E-state index contributed by atoms with van der Waals surface area (Å²) in [6, 6.07) is 2.94. The SMILES string of the molecule is OC(c1ccc(F)cc1F)C(O)C1CC1. The quantitative estimate of drug-likeness (QED) is 0.805. The van der Waals surface area contributed by atoms with Crippen molar-refractivity contribution in [3.8, 4) is 0 Å². The van der Waals surface area contributed by atoms with Crippen LogP contribution in [0, 0.1) is 17.6 Å². The summed E-state index contributed by atoms with van der Waals surface area (Å²) in [6.07, 6.45) is -0.523. The number of hydrogen-bond acceptors (Lipinski definition) is 2. The minimum Gasteiger partial charge on any atom is -0.390 e. The molecule has 2 unspecified atom stereocenters. The molecule has 1 saturated carbocycles. The van der Waals surface area contributed by atoms with Crippen molar-refractivity contribution in [2.45, 2.75) is 25.0 Å². The van der Waals surface area contributed by atoms with Gasteiger partial charge in [-0.25, -0.2) is 8.78 Å². The maximum Gasteiger partial charge on any atom is 0.132 e. The second-order valence-corrected chi connectivity index (χ2v) is 3.94. The Balaban J connectivity index is 2.20. The van der Waals surface area contributed by atoms with Gasteiger partial charge < -0.3 is 10.2 Å². The van der Waals surface area contributed by atoms with E-state index in [2.05, 4.69) is 0 Å². The molecule has 2 nitrogen and oxygen atoms in total. The summed E-state index contributed by atoms with van der Waals surface area (Å²) in [5.41, 5.74) is -0.0456. The molecule has 0 aromatic heterocycles. The number of aliphatic hydroxyl groups is 2. The second kappa shape index (κ2) is 3.87. The highest BCUT2D eigenvalue weighted by molar-refractivity contribution is 5.22. The first kappa shape index (κ1) is 10.5. The van der Waals surface area contributed by atoms with Crippen LogP contribution in [0.2, 0.25) is 0 Å². The molecule has 2 N–H and O–H groups in total. The Morgan fingerprint density at radius 2 is 1.87 bits per heavy atom. The molecule has 0 saturated heterocycles. The fraction of sp³-hybridized carbons (Fsp3) is 0.455. The number of aliphatic hydroxyl groups excluding tert-OH is 2. The van der Waals surface area contributed by atoms with Gasteiger partial charge in [-0.05, 0) is 24.8 Å². The summed E-state index contributed by atoms with van der Waals surface area (Å²) in [5.74, 6) is -1.46. The molecule has 0 bridgehead atoms. The van der Waals surface area contributed by atoms with E-state index in [1.807, 2.05) is 0 Å². The van der Waals surface area contributed by atoms with Gasteiger partial charge in [-0.3, -0.25) is 0 Å². The van der Waals surface area contributed by atoms with Gasteiger partial charge in [0.2, 0.25) is 0 Å². The van der Waals surface area contributed by atoms with Crippen molar-refractivity contribution in [2.24, 2.45) is 5.92 Å². The van der Waals surface area contributed by atoms with Crippen molar-refractivity contribution < 1.29 is 19.0 Å². The van der Waals surface area contributed by atoms with Crippen LogP contribution in [0.1, 0.15) is 24.5 Å². The van der Waals surface area contributed by atoms with Gasteiger partial charge in [0.05, 0.1) is 6.10 Å². The van der Waals surface area contributed by atoms with Crippen molar-refractivity contribution in [2.75, 3.05) is 0 Å². The summed E-state index contributed by atoms with van der Waals surface area (Å²) >= 11 is 0. The molecule has 0 aliphatic heterocycles. The Labute approximate surface area is 86.2 Å². The van der Waals surface area contributed by atoms with Crippen molar-refractivity contribution in [3.63, 3.8) is 0 Å². The largest absolute Gasteiger partial charge is 0.390 e. The number of hydrogen-bond donors (Lipinski definition) is 2. The third kappa shape index (κ3) is 2.16. The molecule has 0 amide bonds. The zero-order valence-electron chi connectivity index (χ0n) is 8.03. The average molecular weight is 214 g/mol. The van der Waals surface area contributed by atoms with Crippen LogP contribution < -0.4 is 0 Å². The fourth-order valence-corrected chi connectivity index (χ4v) is 1.62. The first-order valence-electron chi connectivity index (χ1n) is 4.90. The van der Waals surface area contributed by atoms with Crippen LogP contribution in [0.4, 0.5) is 8.78 Å². The number of benzene rings is 1. The van der Waals surface area contributed by atoms with Crippen LogP contribution in [0.15, 0.2) is 18.2 Å². The van der Waals surface area contributed by atoms with Crippen LogP contribution in [0.5, 0.6) is 0 Å². The van der Waals surface area contributed by atoms with Gasteiger partial charge in [-0.15, -0.1) is 0 Å². The smallest absolute Gasteiger partial charge is 0.132 e. The van der Waals surface area contributed by atoms with E-state index < -0.39 is 23.8 Å². The Morgan fingerprint density at radius 3 is 2.40 bits per heavy atom. The van der Waals surface area contributed by atoms with Gasteiger partial charge in [0.15, 0.2) is 0 Å². The van der Waals surface area contributed by atoms with Gasteiger partial charge in [0.1, 0.15) is 17.7 Å². The standard InChI is InChI=1S/C11H12F2O2/c12-7-3-4-8(9(13)5-7)11(15)10(14)6-1-2-6/h3-6,10-11,14-15H,1-2H2. The Bertz CT molecular complexity index is 364. The maximum absolute atomic E-state index is 13.2. The minimum absolute atomic E-state index is 0.0456. The lowest BCUT2D eigenvalue weighted by molar-refractivity contribution is 0.00285. The van der Waals surface area contributed by atoms with Crippen LogP contribution in [-0.4, -0.2) is 16.3 Å². The molecule has 1 fully saturated rings. The zero-order valence-corrected chi connectivity index (χ0v) is 8.03. The molecular weight excluding hydrogens is 202 g/mol. The summed E-state index contributed by atoms with van der Waals surface area (Å²) < 4.78 is 25.8. The van der Waals surface area contributed by atoms with Crippen molar-refractivity contribution in [1.29, 1.82) is 0 Å². The molecular formula is C11H12F2O2. The summed E-state index contributed by atoms with van der Waals surface area (Å²) in [5, 5.41) is 19.3. The normalized spacial score (nSPS) is 20.0. The monoisotopic (exact) mass is 214 g/mol. The summed E-state index contributed by atoms with van der Waals surface area (Å²) in [4.78, 5) is 0. The molecule has 1 aromatic rings. The molecule has 0 radical (unpaired) electrons. The molecule has 15 heavy (non-hydrogen) atoms. The van der Waals surface area contributed by atoms with Crippen LogP contribution in [0.25, 0.3) is 0 Å². The Kier molecular flexibility index (Phi) is 2.71. The third-order valence-electron chi connectivity index (χ3n) is 2.71. The van der Waals surface area contributed by atoms with E-state index in [0.29, 0.717) is 6.07 Å². The predicted octanol–water partition coefficient (Wildman–Crippen LogP) is 1.77. The first-order valence-corrected chi connectivity index (χ1v) is 4.90. The molecule has 0 spiro atoms. The Morgan fingerprint density at radius 1 is 1.20 bits per heavy atom. The van der Waals surface area contributed by atoms with Gasteiger partial charge >= 0.3 is 0 Å². The van der Waals surface area contributed by atoms with Crippen molar-refractivity contribution in [1.82, 2.24) is 0 Å². The highest BCUT2D eigenvalue weighted by atomic mass is 19.1. The summed E-state index contributed by atoms with van der Waals surface area (Å²) in [7, 11) is 0. The van der Waals surface area contributed by atoms with E-state index in [9.17, 15) is 19.0 Å². The maximum atomic E-state index is 13.2. The van der Waals surface area contributed by atoms with Gasteiger partial charge in [0.25, 0.3) is 0 Å². The fourth-order valence-electron chi connectivity index (χ4n) is 1.62. The highest BCUT2D eigenvalue weighted by Gasteiger charge is 2.36. The van der Waals surface area contributed by atoms with E-state index in [1.54, 1.807) is 0 Å². The molecule has 1 aromatic carbocycles. The molecule has 2 atom stereocenters. The van der Waals surface area contributed by atoms with E-state index in [-0.39, 0.29) is 11.5 Å². The predicted molar refractivity (Wildman–Crippen MR) is 50.0 cm³/mol. The number of halogens is 2. The van der Waals surface area contributed by atoms with E-state index in [1.165, 1.54) is 6.07 Å². The highest BCUT2D eigenvalue weighted by Crippen LogP contribution is 2.38.